The largest absolute Gasteiger partial charge is 0.495 e. The fraction of sp³-hybridized carbons (Fsp3) is 0.316. The average molecular weight is 411 g/mol. The number of benzene rings is 2. The van der Waals surface area contributed by atoms with Crippen LogP contribution in [0.2, 0.25) is 5.02 Å². The molecule has 0 atom stereocenters. The number of nitrogens with one attached hydrogen (secondary N) is 1. The molecule has 2 aromatic carbocycles. The molecule has 0 fully saturated rings. The van der Waals surface area contributed by atoms with Gasteiger partial charge in [0.1, 0.15) is 5.75 Å². The molecule has 0 saturated carbocycles. The second-order valence-corrected chi connectivity index (χ2v) is 8.08. The van der Waals surface area contributed by atoms with E-state index in [1.54, 1.807) is 32.0 Å². The summed E-state index contributed by atoms with van der Waals surface area (Å²) in [6.07, 6.45) is 0. The molecule has 1 N–H and O–H groups in total. The van der Waals surface area contributed by atoms with Crippen LogP contribution >= 0.6 is 11.6 Å². The van der Waals surface area contributed by atoms with E-state index in [1.807, 2.05) is 0 Å². The monoisotopic (exact) mass is 410 g/mol. The Hall–Kier alpha value is -2.09. The summed E-state index contributed by atoms with van der Waals surface area (Å²) in [4.78, 5) is 12.5. The van der Waals surface area contributed by atoms with Crippen LogP contribution in [0.25, 0.3) is 0 Å². The number of ketones is 1. The highest BCUT2D eigenvalue weighted by molar-refractivity contribution is 7.89. The number of halogens is 1. The molecule has 0 unspecified atom stereocenters. The van der Waals surface area contributed by atoms with Crippen LogP contribution in [0.4, 0.5) is 5.69 Å². The van der Waals surface area contributed by atoms with Crippen molar-refractivity contribution in [1.29, 1.82) is 0 Å². The molecule has 8 heteroatoms. The zero-order valence-corrected chi connectivity index (χ0v) is 17.1. The second kappa shape index (κ2) is 9.21. The van der Waals surface area contributed by atoms with Crippen LogP contribution in [0, 0.1) is 0 Å². The van der Waals surface area contributed by atoms with E-state index in [0.717, 1.165) is 0 Å². The molecule has 27 heavy (non-hydrogen) atoms. The van der Waals surface area contributed by atoms with Gasteiger partial charge in [-0.15, -0.1) is 0 Å². The Balaban J connectivity index is 2.06. The molecule has 0 amide bonds. The number of carbonyl (C=O) groups is 1. The number of nitrogens with zero attached hydrogens (tertiary/aromatic N) is 1. The third-order valence-corrected chi connectivity index (χ3v) is 6.48. The highest BCUT2D eigenvalue weighted by Gasteiger charge is 2.21. The van der Waals surface area contributed by atoms with Gasteiger partial charge in [0.15, 0.2) is 5.78 Å². The Labute approximate surface area is 165 Å². The standard InChI is InChI=1S/C19H23ClN2O4S/c1-4-22(5-2)27(24,25)16-9-6-14(7-10-16)18(23)13-21-15-8-11-19(26-3)17(20)12-15/h6-12,21H,4-5,13H2,1-3H3. The molecule has 0 heterocycles. The van der Waals surface area contributed by atoms with Crippen LogP contribution in [0.3, 0.4) is 0 Å². The molecule has 0 bridgehead atoms. The molecule has 0 saturated heterocycles. The lowest BCUT2D eigenvalue weighted by atomic mass is 10.1. The summed E-state index contributed by atoms with van der Waals surface area (Å²) in [5, 5.41) is 3.45. The van der Waals surface area contributed by atoms with E-state index >= 15 is 0 Å². The van der Waals surface area contributed by atoms with Crippen molar-refractivity contribution < 1.29 is 17.9 Å². The van der Waals surface area contributed by atoms with E-state index in [9.17, 15) is 13.2 Å². The van der Waals surface area contributed by atoms with Gasteiger partial charge in [0.2, 0.25) is 10.0 Å². The zero-order chi connectivity index (χ0) is 20.0. The SMILES string of the molecule is CCN(CC)S(=O)(=O)c1ccc(C(=O)CNc2ccc(OC)c(Cl)c2)cc1. The lowest BCUT2D eigenvalue weighted by molar-refractivity contribution is 0.101. The van der Waals surface area contributed by atoms with Gasteiger partial charge in [-0.1, -0.05) is 25.4 Å². The summed E-state index contributed by atoms with van der Waals surface area (Å²) in [6.45, 7) is 4.43. The highest BCUT2D eigenvalue weighted by Crippen LogP contribution is 2.27. The predicted molar refractivity (Wildman–Crippen MR) is 107 cm³/mol. The quantitative estimate of drug-likeness (QED) is 0.638. The molecule has 146 valence electrons. The Morgan fingerprint density at radius 2 is 1.74 bits per heavy atom. The molecular formula is C19H23ClN2O4S. The first-order valence-electron chi connectivity index (χ1n) is 8.54. The first-order valence-corrected chi connectivity index (χ1v) is 10.4. The topological polar surface area (TPSA) is 75.7 Å². The summed E-state index contributed by atoms with van der Waals surface area (Å²) in [7, 11) is -2.00. The van der Waals surface area contributed by atoms with E-state index < -0.39 is 10.0 Å². The van der Waals surface area contributed by atoms with Crippen molar-refractivity contribution in [3.8, 4) is 5.75 Å². The van der Waals surface area contributed by atoms with Gasteiger partial charge in [0, 0.05) is 24.3 Å². The van der Waals surface area contributed by atoms with Crippen LogP contribution in [0.5, 0.6) is 5.75 Å². The Bertz CT molecular complexity index is 894. The fourth-order valence-electron chi connectivity index (χ4n) is 2.59. The maximum absolute atomic E-state index is 12.5. The smallest absolute Gasteiger partial charge is 0.243 e. The van der Waals surface area contributed by atoms with Crippen molar-refractivity contribution in [3.63, 3.8) is 0 Å². The van der Waals surface area contributed by atoms with Gasteiger partial charge in [0.05, 0.1) is 23.6 Å². The number of hydrogen-bond donors (Lipinski definition) is 1. The van der Waals surface area contributed by atoms with Crippen LogP contribution in [-0.4, -0.2) is 45.3 Å². The summed E-state index contributed by atoms with van der Waals surface area (Å²) in [5.74, 6) is 0.396. The number of hydrogen-bond acceptors (Lipinski definition) is 5. The van der Waals surface area contributed by atoms with E-state index in [4.69, 9.17) is 16.3 Å². The van der Waals surface area contributed by atoms with Crippen molar-refractivity contribution in [3.05, 3.63) is 53.1 Å². The van der Waals surface area contributed by atoms with Crippen molar-refractivity contribution in [2.75, 3.05) is 32.1 Å². The molecule has 0 aliphatic rings. The first kappa shape index (κ1) is 21.2. The molecule has 6 nitrogen and oxygen atoms in total. The zero-order valence-electron chi connectivity index (χ0n) is 15.5. The number of ether oxygens (including phenoxy) is 1. The molecule has 0 aliphatic heterocycles. The van der Waals surface area contributed by atoms with Crippen LogP contribution in [0.15, 0.2) is 47.4 Å². The van der Waals surface area contributed by atoms with E-state index in [0.29, 0.717) is 35.1 Å². The summed E-state index contributed by atoms with van der Waals surface area (Å²) in [5.41, 5.74) is 1.12. The number of sulfonamides is 1. The third kappa shape index (κ3) is 5.00. The summed E-state index contributed by atoms with van der Waals surface area (Å²) in [6, 6.07) is 11.1. The van der Waals surface area contributed by atoms with Gasteiger partial charge < -0.3 is 10.1 Å². The van der Waals surface area contributed by atoms with Crippen molar-refractivity contribution >= 4 is 33.1 Å². The maximum Gasteiger partial charge on any atom is 0.243 e. The molecule has 0 spiro atoms. The minimum atomic E-state index is -3.53. The molecule has 0 aliphatic carbocycles. The third-order valence-electron chi connectivity index (χ3n) is 4.12. The number of Topliss-reactive ketones (excluding diaryl/α,β-unsaturated/α-hetero) is 1. The Kier molecular flexibility index (Phi) is 7.24. The summed E-state index contributed by atoms with van der Waals surface area (Å²) >= 11 is 6.06. The Morgan fingerprint density at radius 1 is 1.11 bits per heavy atom. The molecular weight excluding hydrogens is 388 g/mol. The van der Waals surface area contributed by atoms with Gasteiger partial charge >= 0.3 is 0 Å². The van der Waals surface area contributed by atoms with Gasteiger partial charge in [-0.05, 0) is 42.5 Å². The fourth-order valence-corrected chi connectivity index (χ4v) is 4.30. The predicted octanol–water partition coefficient (Wildman–Crippen LogP) is 3.67. The van der Waals surface area contributed by atoms with Crippen LogP contribution in [-0.2, 0) is 10.0 Å². The van der Waals surface area contributed by atoms with E-state index in [2.05, 4.69) is 5.32 Å². The lowest BCUT2D eigenvalue weighted by Crippen LogP contribution is -2.30. The average Bonchev–Trinajstić information content (AvgIpc) is 2.67. The van der Waals surface area contributed by atoms with Gasteiger partial charge in [0.25, 0.3) is 0 Å². The van der Waals surface area contributed by atoms with E-state index in [-0.39, 0.29) is 17.2 Å². The van der Waals surface area contributed by atoms with Gasteiger partial charge in [-0.3, -0.25) is 4.79 Å². The first-order chi connectivity index (χ1) is 12.8. The number of carbonyl (C=O) groups excluding carboxylic acids is 1. The van der Waals surface area contributed by atoms with Crippen LogP contribution < -0.4 is 10.1 Å². The number of rotatable bonds is 9. The normalized spacial score (nSPS) is 11.4. The van der Waals surface area contributed by atoms with Crippen molar-refractivity contribution in [2.45, 2.75) is 18.7 Å². The summed E-state index contributed by atoms with van der Waals surface area (Å²) < 4.78 is 31.4. The van der Waals surface area contributed by atoms with Crippen molar-refractivity contribution in [1.82, 2.24) is 4.31 Å². The Morgan fingerprint density at radius 3 is 2.26 bits per heavy atom. The molecule has 2 aromatic rings. The molecule has 0 aromatic heterocycles. The lowest BCUT2D eigenvalue weighted by Gasteiger charge is -2.18. The van der Waals surface area contributed by atoms with E-state index in [1.165, 1.54) is 35.7 Å². The van der Waals surface area contributed by atoms with Gasteiger partial charge in [-0.2, -0.15) is 4.31 Å². The number of methoxy groups -OCH3 is 1. The minimum Gasteiger partial charge on any atom is -0.495 e. The molecule has 0 radical (unpaired) electrons. The molecule has 2 rings (SSSR count). The highest BCUT2D eigenvalue weighted by atomic mass is 35.5. The minimum absolute atomic E-state index is 0.0603. The van der Waals surface area contributed by atoms with Crippen molar-refractivity contribution in [2.24, 2.45) is 0 Å². The maximum atomic E-state index is 12.5. The second-order valence-electron chi connectivity index (χ2n) is 5.74. The van der Waals surface area contributed by atoms with Crippen LogP contribution in [0.1, 0.15) is 24.2 Å². The number of anilines is 1. The van der Waals surface area contributed by atoms with Gasteiger partial charge in [-0.25, -0.2) is 8.42 Å².